The minimum atomic E-state index is -0.872. The first-order valence-electron chi connectivity index (χ1n) is 10.4. The van der Waals surface area contributed by atoms with Crippen molar-refractivity contribution in [1.82, 2.24) is 9.88 Å². The Bertz CT molecular complexity index is 943. The summed E-state index contributed by atoms with van der Waals surface area (Å²) in [7, 11) is 3.87. The average molecular weight is 393 g/mol. The number of pyridine rings is 1. The van der Waals surface area contributed by atoms with Gasteiger partial charge in [-0.15, -0.1) is 0 Å². The predicted molar refractivity (Wildman–Crippen MR) is 111 cm³/mol. The lowest BCUT2D eigenvalue weighted by molar-refractivity contribution is 0.0697. The Morgan fingerprint density at radius 1 is 1.17 bits per heavy atom. The molecule has 6 heteroatoms. The van der Waals surface area contributed by atoms with Gasteiger partial charge in [0.25, 0.3) is 0 Å². The second-order valence-electron chi connectivity index (χ2n) is 8.61. The van der Waals surface area contributed by atoms with E-state index in [0.717, 1.165) is 55.9 Å². The number of fused-ring (bicyclic) bond motifs is 2. The van der Waals surface area contributed by atoms with Gasteiger partial charge in [0.05, 0.1) is 7.11 Å². The van der Waals surface area contributed by atoms with Crippen LogP contribution in [0.2, 0.25) is 0 Å². The summed E-state index contributed by atoms with van der Waals surface area (Å²) < 4.78 is 5.31. The molecule has 1 aromatic heterocycles. The Hall–Kier alpha value is -2.60. The molecule has 2 saturated heterocycles. The fourth-order valence-corrected chi connectivity index (χ4v) is 5.59. The number of aromatic nitrogens is 1. The fourth-order valence-electron chi connectivity index (χ4n) is 5.59. The van der Waals surface area contributed by atoms with Crippen LogP contribution in [0, 0.1) is 11.8 Å². The third-order valence-electron chi connectivity index (χ3n) is 6.91. The summed E-state index contributed by atoms with van der Waals surface area (Å²) in [5, 5.41) is 9.79. The number of nitrogens with zero attached hydrogens (tertiary/aromatic N) is 3. The molecule has 29 heavy (non-hydrogen) atoms. The van der Waals surface area contributed by atoms with Crippen LogP contribution in [0.1, 0.15) is 39.6 Å². The minimum absolute atomic E-state index is 0.332. The maximum absolute atomic E-state index is 11.9. The number of methoxy groups -OCH3 is 1. The van der Waals surface area contributed by atoms with Gasteiger partial charge in [0, 0.05) is 37.3 Å². The molecular weight excluding hydrogens is 366 g/mol. The Kier molecular flexibility index (Phi) is 4.46. The topological polar surface area (TPSA) is 65.9 Å². The monoisotopic (exact) mass is 393 g/mol. The lowest BCUT2D eigenvalue weighted by Crippen LogP contribution is -2.30. The van der Waals surface area contributed by atoms with Gasteiger partial charge in [0.1, 0.15) is 17.1 Å². The number of aromatic carboxylic acids is 1. The summed E-state index contributed by atoms with van der Waals surface area (Å²) in [6, 6.07) is 10.6. The fraction of sp³-hybridized carbons (Fsp3) is 0.478. The van der Waals surface area contributed by atoms with E-state index in [1.165, 1.54) is 5.56 Å². The van der Waals surface area contributed by atoms with Crippen molar-refractivity contribution < 1.29 is 14.6 Å². The molecule has 0 spiro atoms. The van der Waals surface area contributed by atoms with E-state index in [0.29, 0.717) is 29.3 Å². The second-order valence-corrected chi connectivity index (χ2v) is 8.61. The molecule has 0 unspecified atom stereocenters. The van der Waals surface area contributed by atoms with Crippen LogP contribution < -0.4 is 9.64 Å². The summed E-state index contributed by atoms with van der Waals surface area (Å²) in [6.45, 7) is 2.73. The van der Waals surface area contributed by atoms with E-state index in [9.17, 15) is 9.90 Å². The van der Waals surface area contributed by atoms with Crippen molar-refractivity contribution in [1.29, 1.82) is 0 Å². The molecule has 6 nitrogen and oxygen atoms in total. The van der Waals surface area contributed by atoms with Crippen molar-refractivity contribution in [3.05, 3.63) is 52.7 Å². The van der Waals surface area contributed by atoms with Crippen LogP contribution in [-0.4, -0.2) is 54.8 Å². The molecule has 0 radical (unpaired) electrons. The molecule has 152 valence electrons. The third-order valence-corrected chi connectivity index (χ3v) is 6.91. The van der Waals surface area contributed by atoms with Crippen LogP contribution in [0.25, 0.3) is 0 Å². The highest BCUT2D eigenvalue weighted by atomic mass is 16.5. The summed E-state index contributed by atoms with van der Waals surface area (Å²) in [5.74, 6) is 1.65. The number of carboxylic acid groups (broad SMARTS) is 1. The largest absolute Gasteiger partial charge is 0.497 e. The van der Waals surface area contributed by atoms with Crippen molar-refractivity contribution >= 4 is 11.8 Å². The standard InChI is InChI=1S/C23H27N3O3/c1-25-11-16-12-26(13-19(16)21(25)14-6-8-17(29-2)9-7-14)22-18(23(27)28)10-15-4-3-5-20(15)24-22/h6-10,16,19,21H,3-5,11-13H2,1-2H3,(H,27,28)/t16-,19+,21+/m0/s1. The summed E-state index contributed by atoms with van der Waals surface area (Å²) in [6.07, 6.45) is 2.97. The van der Waals surface area contributed by atoms with Crippen LogP contribution in [-0.2, 0) is 12.8 Å². The molecule has 0 bridgehead atoms. The molecule has 2 fully saturated rings. The van der Waals surface area contributed by atoms with Crippen molar-refractivity contribution in [3.8, 4) is 5.75 Å². The van der Waals surface area contributed by atoms with Crippen LogP contribution in [0.4, 0.5) is 5.82 Å². The third kappa shape index (κ3) is 3.06. The maximum atomic E-state index is 11.9. The van der Waals surface area contributed by atoms with Gasteiger partial charge in [0.15, 0.2) is 0 Å². The van der Waals surface area contributed by atoms with Gasteiger partial charge in [0.2, 0.25) is 0 Å². The molecule has 0 saturated carbocycles. The normalized spacial score (nSPS) is 25.9. The van der Waals surface area contributed by atoms with Gasteiger partial charge < -0.3 is 14.7 Å². The number of aryl methyl sites for hydroxylation is 2. The number of carbonyl (C=O) groups is 1. The highest BCUT2D eigenvalue weighted by Gasteiger charge is 2.47. The zero-order valence-electron chi connectivity index (χ0n) is 17.0. The second kappa shape index (κ2) is 7.02. The highest BCUT2D eigenvalue weighted by Crippen LogP contribution is 2.45. The number of anilines is 1. The summed E-state index contributed by atoms with van der Waals surface area (Å²) in [4.78, 5) is 21.4. The van der Waals surface area contributed by atoms with E-state index >= 15 is 0 Å². The molecule has 1 aromatic carbocycles. The van der Waals surface area contributed by atoms with Gasteiger partial charge in [-0.2, -0.15) is 0 Å². The van der Waals surface area contributed by atoms with E-state index in [1.807, 2.05) is 18.2 Å². The first-order chi connectivity index (χ1) is 14.0. The first-order valence-corrected chi connectivity index (χ1v) is 10.4. The quantitative estimate of drug-likeness (QED) is 0.861. The van der Waals surface area contributed by atoms with E-state index in [4.69, 9.17) is 9.72 Å². The number of carboxylic acids is 1. The highest BCUT2D eigenvalue weighted by molar-refractivity contribution is 5.93. The molecule has 3 atom stereocenters. The molecule has 1 aliphatic carbocycles. The van der Waals surface area contributed by atoms with E-state index in [1.54, 1.807) is 7.11 Å². The number of rotatable bonds is 4. The SMILES string of the molecule is COc1ccc([C@@H]2[C@@H]3CN(c4nc5c(cc4C(=O)O)CCC5)C[C@@H]3CN2C)cc1. The molecule has 0 amide bonds. The van der Waals surface area contributed by atoms with Crippen LogP contribution in [0.5, 0.6) is 5.75 Å². The van der Waals surface area contributed by atoms with E-state index in [-0.39, 0.29) is 0 Å². The zero-order valence-corrected chi connectivity index (χ0v) is 17.0. The molecule has 5 rings (SSSR count). The lowest BCUT2D eigenvalue weighted by atomic mass is 9.89. The van der Waals surface area contributed by atoms with Crippen molar-refractivity contribution in [2.75, 3.05) is 38.7 Å². The number of hydrogen-bond acceptors (Lipinski definition) is 5. The smallest absolute Gasteiger partial charge is 0.339 e. The van der Waals surface area contributed by atoms with E-state index < -0.39 is 5.97 Å². The number of hydrogen-bond donors (Lipinski definition) is 1. The van der Waals surface area contributed by atoms with Gasteiger partial charge in [-0.3, -0.25) is 4.90 Å². The molecule has 3 heterocycles. The zero-order chi connectivity index (χ0) is 20.1. The number of benzene rings is 1. The Labute approximate surface area is 171 Å². The van der Waals surface area contributed by atoms with Gasteiger partial charge in [-0.1, -0.05) is 12.1 Å². The summed E-state index contributed by atoms with van der Waals surface area (Å²) >= 11 is 0. The minimum Gasteiger partial charge on any atom is -0.497 e. The summed E-state index contributed by atoms with van der Waals surface area (Å²) in [5.41, 5.74) is 3.86. The first kappa shape index (κ1) is 18.4. The molecule has 3 aliphatic rings. The average Bonchev–Trinajstić information content (AvgIpc) is 3.40. The molecular formula is C23H27N3O3. The van der Waals surface area contributed by atoms with Crippen LogP contribution in [0.15, 0.2) is 30.3 Å². The van der Waals surface area contributed by atoms with Crippen LogP contribution in [0.3, 0.4) is 0 Å². The lowest BCUT2D eigenvalue weighted by Gasteiger charge is -2.28. The van der Waals surface area contributed by atoms with Gasteiger partial charge >= 0.3 is 5.97 Å². The Morgan fingerprint density at radius 2 is 1.97 bits per heavy atom. The Morgan fingerprint density at radius 3 is 2.69 bits per heavy atom. The number of ether oxygens (including phenoxy) is 1. The Balaban J connectivity index is 1.44. The maximum Gasteiger partial charge on any atom is 0.339 e. The van der Waals surface area contributed by atoms with Crippen molar-refractivity contribution in [3.63, 3.8) is 0 Å². The van der Waals surface area contributed by atoms with Gasteiger partial charge in [-0.25, -0.2) is 9.78 Å². The predicted octanol–water partition coefficient (Wildman–Crippen LogP) is 3.02. The van der Waals surface area contributed by atoms with Crippen molar-refractivity contribution in [2.45, 2.75) is 25.3 Å². The molecule has 2 aromatic rings. The number of likely N-dealkylation sites (tertiary alicyclic amines) is 1. The molecule has 1 N–H and O–H groups in total. The van der Waals surface area contributed by atoms with Gasteiger partial charge in [-0.05, 0) is 61.6 Å². The van der Waals surface area contributed by atoms with Crippen molar-refractivity contribution in [2.24, 2.45) is 11.8 Å². The van der Waals surface area contributed by atoms with E-state index in [2.05, 4.69) is 29.0 Å². The van der Waals surface area contributed by atoms with Crippen LogP contribution >= 0.6 is 0 Å². The molecule has 2 aliphatic heterocycles.